The highest BCUT2D eigenvalue weighted by molar-refractivity contribution is 8.01. The standard InChI is InChI=1S/C39H45NO5S2/c1-4-5-22-44-28-13-10-25(11-14-28)35(43)45-39(34(42)24-46-36-40-32-8-6-7-9-33(32)47-36)21-18-31-29-15-12-26-23-27(41)16-19-37(26,2)30(29)17-20-38(31,39)3/h6-11,13-14,23,29-31H,4-5,12,15-22,24H2,1-3H3/t29?,30?,31?,37?,38?,39-/m0/s1. The molecule has 0 amide bonds. The van der Waals surface area contributed by atoms with Gasteiger partial charge in [0.2, 0.25) is 0 Å². The Hall–Kier alpha value is -2.97. The van der Waals surface area contributed by atoms with Gasteiger partial charge in [-0.2, -0.15) is 0 Å². The van der Waals surface area contributed by atoms with Crippen LogP contribution in [0.1, 0.15) is 95.3 Å². The lowest BCUT2D eigenvalue weighted by Crippen LogP contribution is -2.59. The van der Waals surface area contributed by atoms with E-state index in [0.717, 1.165) is 71.7 Å². The van der Waals surface area contributed by atoms with Crippen LogP contribution in [0.2, 0.25) is 0 Å². The summed E-state index contributed by atoms with van der Waals surface area (Å²) in [5.41, 5.74) is 1.06. The number of rotatable bonds is 10. The number of fused-ring (bicyclic) bond motifs is 6. The SMILES string of the molecule is CCCCOc1ccc(C(=O)O[C@]2(C(=O)CSc3nc4ccccc4s3)CCC3C4CCC5=CC(=O)CCC5(C)C4CCC32C)cc1. The normalized spacial score (nSPS) is 31.4. The van der Waals surface area contributed by atoms with Crippen molar-refractivity contribution in [1.82, 2.24) is 4.98 Å². The zero-order valence-electron chi connectivity index (χ0n) is 27.7. The summed E-state index contributed by atoms with van der Waals surface area (Å²) in [6.07, 6.45) is 10.7. The first-order valence-electron chi connectivity index (χ1n) is 17.4. The van der Waals surface area contributed by atoms with Crippen LogP contribution < -0.4 is 4.74 Å². The van der Waals surface area contributed by atoms with Crippen LogP contribution in [-0.4, -0.2) is 40.5 Å². The lowest BCUT2D eigenvalue weighted by Gasteiger charge is -2.59. The number of ketones is 2. The zero-order chi connectivity index (χ0) is 32.8. The molecule has 0 aliphatic heterocycles. The number of carbonyl (C=O) groups excluding carboxylic acids is 3. The van der Waals surface area contributed by atoms with Crippen molar-refractivity contribution >= 4 is 50.9 Å². The third-order valence-electron chi connectivity index (χ3n) is 12.3. The third-order valence-corrected chi connectivity index (χ3v) is 14.4. The molecule has 4 aliphatic rings. The number of aromatic nitrogens is 1. The first-order valence-corrected chi connectivity index (χ1v) is 19.2. The average molecular weight is 672 g/mol. The molecule has 47 heavy (non-hydrogen) atoms. The number of hydrogen-bond donors (Lipinski definition) is 0. The molecule has 0 saturated heterocycles. The van der Waals surface area contributed by atoms with E-state index < -0.39 is 17.0 Å². The number of benzene rings is 2. The molecule has 0 N–H and O–H groups in total. The molecule has 6 atom stereocenters. The summed E-state index contributed by atoms with van der Waals surface area (Å²) >= 11 is 3.06. The van der Waals surface area contributed by atoms with E-state index in [-0.39, 0.29) is 28.7 Å². The number of ether oxygens (including phenoxy) is 2. The maximum atomic E-state index is 14.7. The summed E-state index contributed by atoms with van der Waals surface area (Å²) in [7, 11) is 0. The Labute approximate surface area is 286 Å². The molecule has 7 rings (SSSR count). The first kappa shape index (κ1) is 32.6. The lowest BCUT2D eigenvalue weighted by atomic mass is 9.46. The van der Waals surface area contributed by atoms with Crippen LogP contribution in [0.5, 0.6) is 5.75 Å². The number of nitrogens with zero attached hydrogens (tertiary/aromatic N) is 1. The average Bonchev–Trinajstić information content (AvgIpc) is 3.63. The minimum Gasteiger partial charge on any atom is -0.494 e. The number of hydrogen-bond acceptors (Lipinski definition) is 8. The van der Waals surface area contributed by atoms with E-state index in [9.17, 15) is 14.4 Å². The van der Waals surface area contributed by atoms with Crippen LogP contribution in [-0.2, 0) is 14.3 Å². The number of para-hydroxylation sites is 1. The fourth-order valence-electron chi connectivity index (χ4n) is 9.64. The van der Waals surface area contributed by atoms with E-state index in [1.54, 1.807) is 23.5 Å². The Balaban J connectivity index is 1.17. The van der Waals surface area contributed by atoms with Crippen molar-refractivity contribution in [2.75, 3.05) is 12.4 Å². The van der Waals surface area contributed by atoms with Gasteiger partial charge in [0, 0.05) is 11.8 Å². The summed E-state index contributed by atoms with van der Waals surface area (Å²) in [6.45, 7) is 7.37. The number of allylic oxidation sites excluding steroid dienone is 1. The quantitative estimate of drug-likeness (QED) is 0.121. The molecule has 1 heterocycles. The fraction of sp³-hybridized carbons (Fsp3) is 0.538. The molecule has 3 saturated carbocycles. The van der Waals surface area contributed by atoms with E-state index in [2.05, 4.69) is 26.8 Å². The second-order valence-electron chi connectivity index (χ2n) is 14.6. The summed E-state index contributed by atoms with van der Waals surface area (Å²) in [6, 6.07) is 15.2. The molecule has 1 aromatic heterocycles. The summed E-state index contributed by atoms with van der Waals surface area (Å²) in [4.78, 5) is 45.8. The summed E-state index contributed by atoms with van der Waals surface area (Å²) < 4.78 is 14.4. The number of unbranched alkanes of at least 4 members (excludes halogenated alkanes) is 1. The molecule has 4 aliphatic carbocycles. The largest absolute Gasteiger partial charge is 0.494 e. The van der Waals surface area contributed by atoms with E-state index in [1.807, 2.05) is 36.4 Å². The topological polar surface area (TPSA) is 82.6 Å². The van der Waals surface area contributed by atoms with Crippen LogP contribution >= 0.6 is 23.1 Å². The van der Waals surface area contributed by atoms with Crippen molar-refractivity contribution in [1.29, 1.82) is 0 Å². The molecule has 2 aromatic carbocycles. The number of carbonyl (C=O) groups is 3. The number of thioether (sulfide) groups is 1. The Morgan fingerprint density at radius 3 is 2.55 bits per heavy atom. The monoisotopic (exact) mass is 671 g/mol. The molecule has 0 spiro atoms. The molecule has 3 fully saturated rings. The number of Topliss-reactive ketones (excluding diaryl/α,β-unsaturated/α-hetero) is 1. The van der Waals surface area contributed by atoms with Crippen molar-refractivity contribution in [3.8, 4) is 5.75 Å². The Kier molecular flexibility index (Phi) is 8.88. The van der Waals surface area contributed by atoms with Gasteiger partial charge in [0.15, 0.2) is 21.5 Å². The van der Waals surface area contributed by atoms with Crippen molar-refractivity contribution in [2.45, 2.75) is 94.9 Å². The van der Waals surface area contributed by atoms with E-state index in [0.29, 0.717) is 36.8 Å². The highest BCUT2D eigenvalue weighted by atomic mass is 32.2. The first-order chi connectivity index (χ1) is 22.7. The fourth-order valence-corrected chi connectivity index (χ4v) is 11.7. The Morgan fingerprint density at radius 2 is 1.77 bits per heavy atom. The molecule has 5 unspecified atom stereocenters. The Morgan fingerprint density at radius 1 is 0.979 bits per heavy atom. The molecule has 0 bridgehead atoms. The predicted molar refractivity (Wildman–Crippen MR) is 187 cm³/mol. The van der Waals surface area contributed by atoms with Gasteiger partial charge in [-0.05, 0) is 117 Å². The van der Waals surface area contributed by atoms with Crippen LogP contribution in [0, 0.1) is 28.6 Å². The van der Waals surface area contributed by atoms with E-state index in [4.69, 9.17) is 14.5 Å². The van der Waals surface area contributed by atoms with Gasteiger partial charge < -0.3 is 9.47 Å². The van der Waals surface area contributed by atoms with E-state index >= 15 is 0 Å². The molecule has 3 aromatic rings. The van der Waals surface area contributed by atoms with Crippen LogP contribution in [0.25, 0.3) is 10.2 Å². The van der Waals surface area contributed by atoms with Crippen LogP contribution in [0.15, 0.2) is 64.5 Å². The van der Waals surface area contributed by atoms with Gasteiger partial charge in [0.1, 0.15) is 5.75 Å². The van der Waals surface area contributed by atoms with Crippen molar-refractivity contribution in [2.24, 2.45) is 28.6 Å². The highest BCUT2D eigenvalue weighted by Crippen LogP contribution is 2.68. The minimum absolute atomic E-state index is 0.0102. The summed E-state index contributed by atoms with van der Waals surface area (Å²) in [5.74, 6) is 1.93. The second-order valence-corrected chi connectivity index (χ2v) is 16.8. The smallest absolute Gasteiger partial charge is 0.339 e. The maximum absolute atomic E-state index is 14.7. The minimum atomic E-state index is -1.21. The van der Waals surface area contributed by atoms with Gasteiger partial charge in [-0.25, -0.2) is 9.78 Å². The molecular weight excluding hydrogens is 627 g/mol. The van der Waals surface area contributed by atoms with Crippen molar-refractivity contribution in [3.63, 3.8) is 0 Å². The molecule has 6 nitrogen and oxygen atoms in total. The van der Waals surface area contributed by atoms with Gasteiger partial charge in [-0.3, -0.25) is 9.59 Å². The van der Waals surface area contributed by atoms with E-state index in [1.165, 1.54) is 17.3 Å². The Bertz CT molecular complexity index is 1680. The van der Waals surface area contributed by atoms with Crippen LogP contribution in [0.4, 0.5) is 0 Å². The molecule has 8 heteroatoms. The molecular formula is C39H45NO5S2. The van der Waals surface area contributed by atoms with Gasteiger partial charge in [0.25, 0.3) is 0 Å². The zero-order valence-corrected chi connectivity index (χ0v) is 29.4. The highest BCUT2D eigenvalue weighted by Gasteiger charge is 2.68. The van der Waals surface area contributed by atoms with Gasteiger partial charge in [-0.15, -0.1) is 11.3 Å². The maximum Gasteiger partial charge on any atom is 0.339 e. The second kappa shape index (κ2) is 12.8. The molecule has 248 valence electrons. The number of thiazole rings is 1. The lowest BCUT2D eigenvalue weighted by molar-refractivity contribution is -0.161. The van der Waals surface area contributed by atoms with Crippen molar-refractivity contribution < 1.29 is 23.9 Å². The van der Waals surface area contributed by atoms with Gasteiger partial charge in [0.05, 0.1) is 28.1 Å². The molecule has 0 radical (unpaired) electrons. The van der Waals surface area contributed by atoms with Gasteiger partial charge >= 0.3 is 5.97 Å². The predicted octanol–water partition coefficient (Wildman–Crippen LogP) is 9.26. The van der Waals surface area contributed by atoms with Crippen molar-refractivity contribution in [3.05, 3.63) is 65.7 Å². The third kappa shape index (κ3) is 5.67. The van der Waals surface area contributed by atoms with Crippen LogP contribution in [0.3, 0.4) is 0 Å². The van der Waals surface area contributed by atoms with Gasteiger partial charge in [-0.1, -0.05) is 56.7 Å². The summed E-state index contributed by atoms with van der Waals surface area (Å²) in [5, 5.41) is 0. The number of esters is 1.